The molecule has 6 heteroatoms. The zero-order valence-electron chi connectivity index (χ0n) is 13.0. The van der Waals surface area contributed by atoms with Crippen LogP contribution in [0.5, 0.6) is 0 Å². The van der Waals surface area contributed by atoms with E-state index < -0.39 is 17.0 Å². The van der Waals surface area contributed by atoms with E-state index in [2.05, 4.69) is 0 Å². The molecule has 0 saturated carbocycles. The molecule has 1 N–H and O–H groups in total. The van der Waals surface area contributed by atoms with Gasteiger partial charge < -0.3 is 9.84 Å². The predicted molar refractivity (Wildman–Crippen MR) is 88.2 cm³/mol. The number of non-ortho nitro benzene ring substituents is 1. The lowest BCUT2D eigenvalue weighted by molar-refractivity contribution is -0.384. The molecule has 6 nitrogen and oxygen atoms in total. The summed E-state index contributed by atoms with van der Waals surface area (Å²) in [6.45, 7) is 1.80. The summed E-state index contributed by atoms with van der Waals surface area (Å²) in [5.41, 5.74) is 0.888. The average molecular weight is 327 g/mol. The molecular formula is C18H17NO5. The molecule has 0 amide bonds. The summed E-state index contributed by atoms with van der Waals surface area (Å²) < 4.78 is 4.98. The normalized spacial score (nSPS) is 13.4. The number of carbonyl (C=O) groups is 1. The summed E-state index contributed by atoms with van der Waals surface area (Å²) in [6, 6.07) is 14.3. The first-order valence-electron chi connectivity index (χ1n) is 7.34. The maximum atomic E-state index is 11.8. The molecule has 0 heterocycles. The van der Waals surface area contributed by atoms with Crippen LogP contribution in [0.4, 0.5) is 5.69 Å². The van der Waals surface area contributed by atoms with Gasteiger partial charge in [-0.1, -0.05) is 37.3 Å². The van der Waals surface area contributed by atoms with Gasteiger partial charge in [0.2, 0.25) is 0 Å². The monoisotopic (exact) mass is 327 g/mol. The van der Waals surface area contributed by atoms with Crippen molar-refractivity contribution in [3.8, 4) is 0 Å². The van der Waals surface area contributed by atoms with E-state index >= 15 is 0 Å². The summed E-state index contributed by atoms with van der Waals surface area (Å²) in [6.07, 6.45) is 2.10. The number of aliphatic hydroxyl groups excluding tert-OH is 1. The van der Waals surface area contributed by atoms with Crippen LogP contribution in [0, 0.1) is 16.0 Å². The smallest absolute Gasteiger partial charge is 0.342 e. The van der Waals surface area contributed by atoms with E-state index in [9.17, 15) is 20.0 Å². The first kappa shape index (κ1) is 17.4. The molecule has 124 valence electrons. The molecule has 2 atom stereocenters. The van der Waals surface area contributed by atoms with Crippen molar-refractivity contribution in [3.63, 3.8) is 0 Å². The summed E-state index contributed by atoms with van der Waals surface area (Å²) in [5, 5.41) is 20.8. The molecule has 0 fully saturated rings. The number of esters is 1. The van der Waals surface area contributed by atoms with Crippen molar-refractivity contribution in [2.24, 2.45) is 5.92 Å². The summed E-state index contributed by atoms with van der Waals surface area (Å²) in [5.74, 6) is -0.875. The van der Waals surface area contributed by atoms with Gasteiger partial charge in [0.05, 0.1) is 22.9 Å². The van der Waals surface area contributed by atoms with E-state index in [-0.39, 0.29) is 17.2 Å². The standard InChI is InChI=1S/C18H17NO5/c1-13(17(20)14-5-3-2-4-6-14)11-12-24-18(21)15-7-9-16(10-8-15)19(22)23/h2-13,17,20H,1H3/b12-11-/t13-,17-/m0/s1. The van der Waals surface area contributed by atoms with Crippen molar-refractivity contribution in [1.29, 1.82) is 0 Å². The molecule has 0 unspecified atom stereocenters. The minimum absolute atomic E-state index is 0.0957. The molecule has 0 radical (unpaired) electrons. The maximum absolute atomic E-state index is 11.8. The number of ether oxygens (including phenoxy) is 1. The fraction of sp³-hybridized carbons (Fsp3) is 0.167. The fourth-order valence-electron chi connectivity index (χ4n) is 2.07. The topological polar surface area (TPSA) is 89.7 Å². The van der Waals surface area contributed by atoms with Crippen LogP contribution in [-0.2, 0) is 4.74 Å². The second kappa shape index (κ2) is 8.03. The zero-order chi connectivity index (χ0) is 17.5. The molecule has 0 spiro atoms. The number of hydrogen-bond acceptors (Lipinski definition) is 5. The minimum Gasteiger partial charge on any atom is -0.431 e. The van der Waals surface area contributed by atoms with Crippen LogP contribution in [0.2, 0.25) is 0 Å². The van der Waals surface area contributed by atoms with Crippen LogP contribution in [0.25, 0.3) is 0 Å². The van der Waals surface area contributed by atoms with Crippen molar-refractivity contribution in [2.45, 2.75) is 13.0 Å². The van der Waals surface area contributed by atoms with Crippen LogP contribution in [0.3, 0.4) is 0 Å². The SMILES string of the molecule is C[C@@H](/C=C\OC(=O)c1ccc([N+](=O)[O-])cc1)[C@H](O)c1ccccc1. The predicted octanol–water partition coefficient (Wildman–Crippen LogP) is 3.64. The number of carbonyl (C=O) groups excluding carboxylic acids is 1. The molecule has 24 heavy (non-hydrogen) atoms. The van der Waals surface area contributed by atoms with Crippen LogP contribution >= 0.6 is 0 Å². The van der Waals surface area contributed by atoms with Crippen LogP contribution < -0.4 is 0 Å². The molecule has 0 aliphatic rings. The van der Waals surface area contributed by atoms with Gasteiger partial charge in [0, 0.05) is 18.1 Å². The van der Waals surface area contributed by atoms with Crippen LogP contribution in [-0.4, -0.2) is 16.0 Å². The second-order valence-corrected chi connectivity index (χ2v) is 5.25. The van der Waals surface area contributed by atoms with E-state index in [1.165, 1.54) is 30.5 Å². The maximum Gasteiger partial charge on any atom is 0.342 e. The highest BCUT2D eigenvalue weighted by molar-refractivity contribution is 5.90. The lowest BCUT2D eigenvalue weighted by atomic mass is 9.98. The van der Waals surface area contributed by atoms with Crippen molar-refractivity contribution in [1.82, 2.24) is 0 Å². The Hall–Kier alpha value is -2.99. The molecule has 0 bridgehead atoms. The van der Waals surface area contributed by atoms with Crippen molar-refractivity contribution < 1.29 is 19.6 Å². The van der Waals surface area contributed by atoms with Gasteiger partial charge in [0.15, 0.2) is 0 Å². The van der Waals surface area contributed by atoms with Gasteiger partial charge in [0.25, 0.3) is 5.69 Å². The number of benzene rings is 2. The third kappa shape index (κ3) is 4.50. The Balaban J connectivity index is 1.93. The fourth-order valence-corrected chi connectivity index (χ4v) is 2.07. The Kier molecular flexibility index (Phi) is 5.81. The third-order valence-electron chi connectivity index (χ3n) is 3.51. The molecule has 2 aromatic carbocycles. The van der Waals surface area contributed by atoms with Crippen LogP contribution in [0.15, 0.2) is 66.9 Å². The number of nitro benzene ring substituents is 1. The number of aliphatic hydroxyl groups is 1. The van der Waals surface area contributed by atoms with Gasteiger partial charge in [-0.15, -0.1) is 0 Å². The van der Waals surface area contributed by atoms with Crippen LogP contribution in [0.1, 0.15) is 28.9 Å². The van der Waals surface area contributed by atoms with Crippen molar-refractivity contribution >= 4 is 11.7 Å². The third-order valence-corrected chi connectivity index (χ3v) is 3.51. The molecule has 0 aromatic heterocycles. The van der Waals surface area contributed by atoms with Gasteiger partial charge in [-0.3, -0.25) is 10.1 Å². The first-order chi connectivity index (χ1) is 11.5. The highest BCUT2D eigenvalue weighted by Gasteiger charge is 2.14. The van der Waals surface area contributed by atoms with E-state index in [4.69, 9.17) is 4.74 Å². The molecule has 0 saturated heterocycles. The summed E-state index contributed by atoms with van der Waals surface area (Å²) >= 11 is 0. The van der Waals surface area contributed by atoms with Crippen molar-refractivity contribution in [2.75, 3.05) is 0 Å². The lowest BCUT2D eigenvalue weighted by Crippen LogP contribution is -2.07. The highest BCUT2D eigenvalue weighted by atomic mass is 16.6. The second-order valence-electron chi connectivity index (χ2n) is 5.25. The number of rotatable bonds is 6. The van der Waals surface area contributed by atoms with E-state index in [0.29, 0.717) is 0 Å². The molecule has 2 aromatic rings. The van der Waals surface area contributed by atoms with Gasteiger partial charge in [-0.05, 0) is 23.8 Å². The van der Waals surface area contributed by atoms with Gasteiger partial charge in [0.1, 0.15) is 0 Å². The Morgan fingerprint density at radius 3 is 2.38 bits per heavy atom. The van der Waals surface area contributed by atoms with Crippen molar-refractivity contribution in [3.05, 3.63) is 88.2 Å². The number of hydrogen-bond donors (Lipinski definition) is 1. The molecule has 0 aliphatic heterocycles. The van der Waals surface area contributed by atoms with Gasteiger partial charge in [-0.2, -0.15) is 0 Å². The molecular weight excluding hydrogens is 310 g/mol. The van der Waals surface area contributed by atoms with E-state index in [1.807, 2.05) is 30.3 Å². The summed E-state index contributed by atoms with van der Waals surface area (Å²) in [7, 11) is 0. The largest absolute Gasteiger partial charge is 0.431 e. The zero-order valence-corrected chi connectivity index (χ0v) is 13.0. The molecule has 2 rings (SSSR count). The number of nitro groups is 1. The minimum atomic E-state index is -0.708. The van der Waals surface area contributed by atoms with Gasteiger partial charge >= 0.3 is 5.97 Å². The summed E-state index contributed by atoms with van der Waals surface area (Å²) in [4.78, 5) is 21.9. The highest BCUT2D eigenvalue weighted by Crippen LogP contribution is 2.22. The molecule has 0 aliphatic carbocycles. The quantitative estimate of drug-likeness (QED) is 0.379. The Labute approximate surface area is 139 Å². The lowest BCUT2D eigenvalue weighted by Gasteiger charge is -2.15. The Bertz CT molecular complexity index is 725. The van der Waals surface area contributed by atoms with Gasteiger partial charge in [-0.25, -0.2) is 4.79 Å². The van der Waals surface area contributed by atoms with E-state index in [1.54, 1.807) is 13.0 Å². The average Bonchev–Trinajstić information content (AvgIpc) is 2.61. The number of nitrogens with zero attached hydrogens (tertiary/aromatic N) is 1. The first-order valence-corrected chi connectivity index (χ1v) is 7.34. The Morgan fingerprint density at radius 2 is 1.79 bits per heavy atom. The Morgan fingerprint density at radius 1 is 1.17 bits per heavy atom. The van der Waals surface area contributed by atoms with E-state index in [0.717, 1.165) is 5.56 Å².